The summed E-state index contributed by atoms with van der Waals surface area (Å²) < 4.78 is 5.38. The number of benzene rings is 2. The molecule has 0 spiro atoms. The Morgan fingerprint density at radius 3 is 2.33 bits per heavy atom. The molecule has 5 nitrogen and oxygen atoms in total. The van der Waals surface area contributed by atoms with Crippen molar-refractivity contribution in [3.8, 4) is 11.3 Å². The molecule has 0 radical (unpaired) electrons. The Balaban J connectivity index is 1.83. The number of nitrogens with zero attached hydrogens (tertiary/aromatic N) is 2. The highest BCUT2D eigenvalue weighted by molar-refractivity contribution is 5.97. The SMILES string of the molecule is CC(=O)c1ccc2nc(-c3ccccc3)c(CCCCC(=O)OC(C)(C)C)nc2c1. The first-order chi connectivity index (χ1) is 14.2. The van der Waals surface area contributed by atoms with E-state index < -0.39 is 5.60 Å². The second-order valence-electron chi connectivity index (χ2n) is 8.44. The molecular weight excluding hydrogens is 376 g/mol. The largest absolute Gasteiger partial charge is 0.460 e. The second-order valence-corrected chi connectivity index (χ2v) is 8.44. The van der Waals surface area contributed by atoms with Gasteiger partial charge in [-0.25, -0.2) is 9.97 Å². The molecule has 0 unspecified atom stereocenters. The van der Waals surface area contributed by atoms with Gasteiger partial charge in [0.15, 0.2) is 5.78 Å². The van der Waals surface area contributed by atoms with E-state index in [0.717, 1.165) is 35.3 Å². The Kier molecular flexibility index (Phi) is 6.60. The zero-order chi connectivity index (χ0) is 21.7. The van der Waals surface area contributed by atoms with Crippen molar-refractivity contribution in [2.24, 2.45) is 0 Å². The van der Waals surface area contributed by atoms with Crippen LogP contribution < -0.4 is 0 Å². The third-order valence-electron chi connectivity index (χ3n) is 4.65. The number of aryl methyl sites for hydroxylation is 1. The lowest BCUT2D eigenvalue weighted by Crippen LogP contribution is -2.23. The van der Waals surface area contributed by atoms with Crippen molar-refractivity contribution < 1.29 is 14.3 Å². The van der Waals surface area contributed by atoms with E-state index in [0.29, 0.717) is 23.9 Å². The van der Waals surface area contributed by atoms with Crippen molar-refractivity contribution in [1.82, 2.24) is 9.97 Å². The highest BCUT2D eigenvalue weighted by atomic mass is 16.6. The lowest BCUT2D eigenvalue weighted by molar-refractivity contribution is -0.154. The maximum absolute atomic E-state index is 12.0. The third kappa shape index (κ3) is 5.72. The number of carbonyl (C=O) groups excluding carboxylic acids is 2. The van der Waals surface area contributed by atoms with Gasteiger partial charge in [0.25, 0.3) is 0 Å². The van der Waals surface area contributed by atoms with Crippen LogP contribution in [0.3, 0.4) is 0 Å². The van der Waals surface area contributed by atoms with E-state index >= 15 is 0 Å². The Bertz CT molecular complexity index is 1050. The fourth-order valence-electron chi connectivity index (χ4n) is 3.27. The van der Waals surface area contributed by atoms with Gasteiger partial charge in [-0.05, 0) is 65.2 Å². The number of Topliss-reactive ketones (excluding diaryl/α,β-unsaturated/α-hetero) is 1. The molecule has 0 saturated carbocycles. The summed E-state index contributed by atoms with van der Waals surface area (Å²) in [4.78, 5) is 33.4. The quantitative estimate of drug-likeness (QED) is 0.293. The van der Waals surface area contributed by atoms with Crippen LogP contribution >= 0.6 is 0 Å². The summed E-state index contributed by atoms with van der Waals surface area (Å²) in [6.07, 6.45) is 2.59. The average molecular weight is 405 g/mol. The summed E-state index contributed by atoms with van der Waals surface area (Å²) in [5, 5.41) is 0. The van der Waals surface area contributed by atoms with Crippen molar-refractivity contribution in [2.75, 3.05) is 0 Å². The zero-order valence-electron chi connectivity index (χ0n) is 18.1. The standard InChI is InChI=1S/C25H28N2O3/c1-17(28)19-14-15-20-22(16-19)26-21(24(27-20)18-10-6-5-7-11-18)12-8-9-13-23(29)30-25(2,3)4/h5-7,10-11,14-16H,8-9,12-13H2,1-4H3. The first-order valence-corrected chi connectivity index (χ1v) is 10.3. The normalized spacial score (nSPS) is 11.5. The Labute approximate surface area is 177 Å². The van der Waals surface area contributed by atoms with Crippen LogP contribution in [0.5, 0.6) is 0 Å². The molecule has 156 valence electrons. The number of hydrogen-bond donors (Lipinski definition) is 0. The summed E-state index contributed by atoms with van der Waals surface area (Å²) in [6.45, 7) is 7.16. The highest BCUT2D eigenvalue weighted by Gasteiger charge is 2.16. The lowest BCUT2D eigenvalue weighted by Gasteiger charge is -2.19. The monoisotopic (exact) mass is 404 g/mol. The number of esters is 1. The number of aromatic nitrogens is 2. The van der Waals surface area contributed by atoms with Crippen LogP contribution in [-0.2, 0) is 16.0 Å². The lowest BCUT2D eigenvalue weighted by atomic mass is 10.0. The van der Waals surface area contributed by atoms with Gasteiger partial charge in [-0.15, -0.1) is 0 Å². The Morgan fingerprint density at radius 1 is 0.933 bits per heavy atom. The number of ketones is 1. The predicted molar refractivity (Wildman–Crippen MR) is 118 cm³/mol. The van der Waals surface area contributed by atoms with Crippen molar-refractivity contribution in [2.45, 2.75) is 59.0 Å². The first kappa shape index (κ1) is 21.6. The Morgan fingerprint density at radius 2 is 1.67 bits per heavy atom. The molecule has 0 fully saturated rings. The molecule has 0 amide bonds. The van der Waals surface area contributed by atoms with E-state index in [4.69, 9.17) is 14.7 Å². The van der Waals surface area contributed by atoms with Gasteiger partial charge in [-0.2, -0.15) is 0 Å². The number of fused-ring (bicyclic) bond motifs is 1. The molecule has 0 bridgehead atoms. The van der Waals surface area contributed by atoms with Crippen LogP contribution in [0.4, 0.5) is 0 Å². The van der Waals surface area contributed by atoms with Crippen molar-refractivity contribution >= 4 is 22.8 Å². The van der Waals surface area contributed by atoms with Gasteiger partial charge >= 0.3 is 5.97 Å². The molecule has 0 atom stereocenters. The van der Waals surface area contributed by atoms with Crippen LogP contribution in [0.25, 0.3) is 22.3 Å². The van der Waals surface area contributed by atoms with E-state index in [1.165, 1.54) is 0 Å². The number of ether oxygens (including phenoxy) is 1. The minimum atomic E-state index is -0.462. The summed E-state index contributed by atoms with van der Waals surface area (Å²) in [7, 11) is 0. The van der Waals surface area contributed by atoms with Gasteiger partial charge < -0.3 is 4.74 Å². The summed E-state index contributed by atoms with van der Waals surface area (Å²) >= 11 is 0. The van der Waals surface area contributed by atoms with E-state index in [-0.39, 0.29) is 11.8 Å². The molecule has 0 aliphatic carbocycles. The second kappa shape index (κ2) is 9.16. The fraction of sp³-hybridized carbons (Fsp3) is 0.360. The van der Waals surface area contributed by atoms with Crippen LogP contribution in [0.2, 0.25) is 0 Å². The Hall–Kier alpha value is -3.08. The molecule has 1 aromatic heterocycles. The van der Waals surface area contributed by atoms with Gasteiger partial charge in [0.2, 0.25) is 0 Å². The van der Waals surface area contributed by atoms with Crippen LogP contribution in [0.15, 0.2) is 48.5 Å². The molecule has 0 N–H and O–H groups in total. The highest BCUT2D eigenvalue weighted by Crippen LogP contribution is 2.25. The van der Waals surface area contributed by atoms with Gasteiger partial charge in [0.1, 0.15) is 5.60 Å². The molecule has 1 heterocycles. The number of hydrogen-bond acceptors (Lipinski definition) is 5. The van der Waals surface area contributed by atoms with E-state index in [1.54, 1.807) is 19.1 Å². The number of unbranched alkanes of at least 4 members (excludes halogenated alkanes) is 1. The van der Waals surface area contributed by atoms with Crippen LogP contribution in [0.1, 0.15) is 63.0 Å². The molecule has 3 rings (SSSR count). The van der Waals surface area contributed by atoms with Crippen molar-refractivity contribution in [3.63, 3.8) is 0 Å². The smallest absolute Gasteiger partial charge is 0.306 e. The number of rotatable bonds is 7. The summed E-state index contributed by atoms with van der Waals surface area (Å²) in [5.41, 5.74) is 4.36. The minimum Gasteiger partial charge on any atom is -0.460 e. The molecular formula is C25H28N2O3. The van der Waals surface area contributed by atoms with Gasteiger partial charge in [0.05, 0.1) is 22.4 Å². The zero-order valence-corrected chi connectivity index (χ0v) is 18.1. The van der Waals surface area contributed by atoms with Crippen molar-refractivity contribution in [3.05, 3.63) is 59.8 Å². The molecule has 2 aromatic carbocycles. The van der Waals surface area contributed by atoms with Crippen LogP contribution in [-0.4, -0.2) is 27.3 Å². The molecule has 5 heteroatoms. The topological polar surface area (TPSA) is 69.2 Å². The van der Waals surface area contributed by atoms with Crippen molar-refractivity contribution in [1.29, 1.82) is 0 Å². The molecule has 0 aliphatic heterocycles. The van der Waals surface area contributed by atoms with E-state index in [9.17, 15) is 9.59 Å². The third-order valence-corrected chi connectivity index (χ3v) is 4.65. The molecule has 3 aromatic rings. The molecule has 0 saturated heterocycles. The maximum atomic E-state index is 12.0. The first-order valence-electron chi connectivity index (χ1n) is 10.3. The maximum Gasteiger partial charge on any atom is 0.306 e. The molecule has 0 aliphatic rings. The number of carbonyl (C=O) groups is 2. The van der Waals surface area contributed by atoms with Gasteiger partial charge in [-0.1, -0.05) is 30.3 Å². The van der Waals surface area contributed by atoms with Gasteiger partial charge in [0, 0.05) is 17.5 Å². The summed E-state index contributed by atoms with van der Waals surface area (Å²) in [5.74, 6) is -0.175. The average Bonchev–Trinajstić information content (AvgIpc) is 2.69. The predicted octanol–water partition coefficient (Wildman–Crippen LogP) is 5.55. The fourth-order valence-corrected chi connectivity index (χ4v) is 3.27. The minimum absolute atomic E-state index is 0.00440. The van der Waals surface area contributed by atoms with Crippen LogP contribution in [0, 0.1) is 0 Å². The van der Waals surface area contributed by atoms with Gasteiger partial charge in [-0.3, -0.25) is 9.59 Å². The van der Waals surface area contributed by atoms with E-state index in [2.05, 4.69) is 0 Å². The molecule has 30 heavy (non-hydrogen) atoms. The summed E-state index contributed by atoms with van der Waals surface area (Å²) in [6, 6.07) is 15.4. The van der Waals surface area contributed by atoms with E-state index in [1.807, 2.05) is 57.2 Å².